The Balaban J connectivity index is 2.07. The van der Waals surface area contributed by atoms with Gasteiger partial charge >= 0.3 is 0 Å². The summed E-state index contributed by atoms with van der Waals surface area (Å²) in [5, 5.41) is 4.94. The second-order valence-electron chi connectivity index (χ2n) is 3.69. The van der Waals surface area contributed by atoms with Gasteiger partial charge in [-0.25, -0.2) is 9.67 Å². The molecule has 0 aliphatic heterocycles. The van der Waals surface area contributed by atoms with Gasteiger partial charge in [0, 0.05) is 24.0 Å². The lowest BCUT2D eigenvalue weighted by atomic mass is 10.2. The fourth-order valence-corrected chi connectivity index (χ4v) is 1.90. The maximum atomic E-state index is 6.16. The van der Waals surface area contributed by atoms with Gasteiger partial charge in [-0.3, -0.25) is 4.98 Å². The molecule has 2 aromatic heterocycles. The van der Waals surface area contributed by atoms with Gasteiger partial charge in [0.25, 0.3) is 0 Å². The Morgan fingerprint density at radius 3 is 2.61 bits per heavy atom. The van der Waals surface area contributed by atoms with E-state index in [1.807, 2.05) is 36.4 Å². The van der Waals surface area contributed by atoms with Crippen molar-refractivity contribution in [1.82, 2.24) is 19.7 Å². The van der Waals surface area contributed by atoms with Crippen LogP contribution < -0.4 is 0 Å². The third-order valence-electron chi connectivity index (χ3n) is 2.50. The van der Waals surface area contributed by atoms with E-state index in [0.29, 0.717) is 11.0 Å². The van der Waals surface area contributed by atoms with Crippen molar-refractivity contribution in [2.24, 2.45) is 0 Å². The lowest BCUT2D eigenvalue weighted by Crippen LogP contribution is -1.99. The van der Waals surface area contributed by atoms with Crippen LogP contribution in [-0.2, 0) is 0 Å². The first-order valence-corrected chi connectivity index (χ1v) is 5.80. The van der Waals surface area contributed by atoms with Crippen LogP contribution >= 0.6 is 11.6 Å². The highest BCUT2D eigenvalue weighted by atomic mass is 35.5. The van der Waals surface area contributed by atoms with E-state index in [9.17, 15) is 0 Å². The molecule has 0 radical (unpaired) electrons. The number of rotatable bonds is 2. The average molecular weight is 257 g/mol. The van der Waals surface area contributed by atoms with Gasteiger partial charge in [-0.1, -0.05) is 41.9 Å². The highest BCUT2D eigenvalue weighted by Gasteiger charge is 2.09. The zero-order valence-corrected chi connectivity index (χ0v) is 10.1. The molecule has 0 atom stereocenters. The number of nitrogens with zero attached hydrogens (tertiary/aromatic N) is 4. The van der Waals surface area contributed by atoms with E-state index >= 15 is 0 Å². The first-order valence-electron chi connectivity index (χ1n) is 5.42. The van der Waals surface area contributed by atoms with Crippen molar-refractivity contribution < 1.29 is 0 Å². The summed E-state index contributed by atoms with van der Waals surface area (Å²) in [5.41, 5.74) is 1.83. The van der Waals surface area contributed by atoms with Crippen molar-refractivity contribution in [2.75, 3.05) is 0 Å². The first-order chi connectivity index (χ1) is 8.84. The zero-order chi connectivity index (χ0) is 12.4. The molecule has 0 spiro atoms. The minimum absolute atomic E-state index is 0.509. The van der Waals surface area contributed by atoms with Crippen LogP contribution in [0.4, 0.5) is 0 Å². The Morgan fingerprint density at radius 1 is 1.06 bits per heavy atom. The van der Waals surface area contributed by atoms with E-state index < -0.39 is 0 Å². The zero-order valence-electron chi connectivity index (χ0n) is 9.36. The molecule has 0 amide bonds. The highest BCUT2D eigenvalue weighted by Crippen LogP contribution is 2.23. The second-order valence-corrected chi connectivity index (χ2v) is 4.08. The summed E-state index contributed by atoms with van der Waals surface area (Å²) in [6.45, 7) is 0. The van der Waals surface area contributed by atoms with E-state index in [1.165, 1.54) is 0 Å². The van der Waals surface area contributed by atoms with Gasteiger partial charge in [-0.05, 0) is 0 Å². The normalized spacial score (nSPS) is 10.5. The average Bonchev–Trinajstić information content (AvgIpc) is 2.83. The van der Waals surface area contributed by atoms with Crippen LogP contribution in [0.25, 0.3) is 17.1 Å². The molecule has 3 rings (SSSR count). The number of aromatic nitrogens is 4. The monoisotopic (exact) mass is 256 g/mol. The molecule has 2 heterocycles. The fourth-order valence-electron chi connectivity index (χ4n) is 1.67. The highest BCUT2D eigenvalue weighted by molar-refractivity contribution is 6.30. The maximum absolute atomic E-state index is 6.16. The lowest BCUT2D eigenvalue weighted by molar-refractivity contribution is 0.841. The smallest absolute Gasteiger partial charge is 0.173 e. The number of hydrogen-bond donors (Lipinski definition) is 0. The van der Waals surface area contributed by atoms with Crippen molar-refractivity contribution in [1.29, 1.82) is 0 Å². The van der Waals surface area contributed by atoms with Gasteiger partial charge in [0.05, 0.1) is 11.9 Å². The molecule has 0 aliphatic rings. The van der Waals surface area contributed by atoms with Crippen LogP contribution in [0.3, 0.4) is 0 Å². The van der Waals surface area contributed by atoms with Crippen LogP contribution in [-0.4, -0.2) is 19.7 Å². The Kier molecular flexibility index (Phi) is 2.78. The molecule has 0 aliphatic carbocycles. The van der Waals surface area contributed by atoms with Crippen molar-refractivity contribution in [3.05, 3.63) is 60.1 Å². The largest absolute Gasteiger partial charge is 0.259 e. The van der Waals surface area contributed by atoms with Gasteiger partial charge in [-0.2, -0.15) is 5.10 Å². The fraction of sp³-hybridized carbons (Fsp3) is 0. The SMILES string of the molecule is Clc1cc(-c2ccccc2)nn1-c1cnccn1. The van der Waals surface area contributed by atoms with Gasteiger partial charge in [0.2, 0.25) is 0 Å². The minimum Gasteiger partial charge on any atom is -0.259 e. The molecule has 0 bridgehead atoms. The Morgan fingerprint density at radius 2 is 1.89 bits per heavy atom. The van der Waals surface area contributed by atoms with Crippen LogP contribution in [0.5, 0.6) is 0 Å². The topological polar surface area (TPSA) is 43.6 Å². The summed E-state index contributed by atoms with van der Waals surface area (Å²) < 4.78 is 1.57. The molecular weight excluding hydrogens is 248 g/mol. The minimum atomic E-state index is 0.509. The number of halogens is 1. The predicted octanol–water partition coefficient (Wildman–Crippen LogP) is 2.98. The van der Waals surface area contributed by atoms with Crippen LogP contribution in [0, 0.1) is 0 Å². The Labute approximate surface area is 109 Å². The summed E-state index contributed by atoms with van der Waals surface area (Å²) in [6, 6.07) is 11.7. The third kappa shape index (κ3) is 1.98. The molecule has 88 valence electrons. The van der Waals surface area contributed by atoms with Crippen molar-refractivity contribution in [2.45, 2.75) is 0 Å². The summed E-state index contributed by atoms with van der Waals surface area (Å²) >= 11 is 6.16. The van der Waals surface area contributed by atoms with E-state index in [2.05, 4.69) is 15.1 Å². The molecule has 0 unspecified atom stereocenters. The Bertz CT molecular complexity index is 649. The Hall–Kier alpha value is -2.20. The van der Waals surface area contributed by atoms with E-state index in [-0.39, 0.29) is 0 Å². The van der Waals surface area contributed by atoms with Gasteiger partial charge in [-0.15, -0.1) is 0 Å². The molecule has 5 heteroatoms. The van der Waals surface area contributed by atoms with Crippen molar-refractivity contribution in [3.63, 3.8) is 0 Å². The second kappa shape index (κ2) is 4.58. The molecule has 1 aromatic carbocycles. The quantitative estimate of drug-likeness (QED) is 0.708. The standard InChI is InChI=1S/C13H9ClN4/c14-12-8-11(10-4-2-1-3-5-10)17-18(12)13-9-15-6-7-16-13/h1-9H. The van der Waals surface area contributed by atoms with Crippen LogP contribution in [0.15, 0.2) is 55.0 Å². The summed E-state index contributed by atoms with van der Waals surface area (Å²) in [6.07, 6.45) is 4.84. The molecule has 0 saturated carbocycles. The molecular formula is C13H9ClN4. The molecule has 4 nitrogen and oxygen atoms in total. The molecule has 0 N–H and O–H groups in total. The first kappa shape index (κ1) is 10.9. The number of hydrogen-bond acceptors (Lipinski definition) is 3. The van der Waals surface area contributed by atoms with E-state index in [1.54, 1.807) is 23.3 Å². The van der Waals surface area contributed by atoms with Gasteiger partial charge in [0.15, 0.2) is 5.82 Å². The van der Waals surface area contributed by atoms with Crippen molar-refractivity contribution in [3.8, 4) is 17.1 Å². The molecule has 0 saturated heterocycles. The summed E-state index contributed by atoms with van der Waals surface area (Å²) in [5.74, 6) is 0.602. The van der Waals surface area contributed by atoms with E-state index in [0.717, 1.165) is 11.3 Å². The van der Waals surface area contributed by atoms with Gasteiger partial charge < -0.3 is 0 Å². The van der Waals surface area contributed by atoms with E-state index in [4.69, 9.17) is 11.6 Å². The number of benzene rings is 1. The summed E-state index contributed by atoms with van der Waals surface area (Å²) in [4.78, 5) is 8.17. The lowest BCUT2D eigenvalue weighted by Gasteiger charge is -1.99. The van der Waals surface area contributed by atoms with Crippen molar-refractivity contribution >= 4 is 11.6 Å². The van der Waals surface area contributed by atoms with Crippen LogP contribution in [0.2, 0.25) is 5.15 Å². The van der Waals surface area contributed by atoms with Crippen LogP contribution in [0.1, 0.15) is 0 Å². The maximum Gasteiger partial charge on any atom is 0.173 e. The molecule has 0 fully saturated rings. The predicted molar refractivity (Wildman–Crippen MR) is 69.6 cm³/mol. The third-order valence-corrected chi connectivity index (χ3v) is 2.77. The molecule has 3 aromatic rings. The summed E-state index contributed by atoms with van der Waals surface area (Å²) in [7, 11) is 0. The van der Waals surface area contributed by atoms with Gasteiger partial charge in [0.1, 0.15) is 5.15 Å². The molecule has 18 heavy (non-hydrogen) atoms.